The Morgan fingerprint density at radius 1 is 1.28 bits per heavy atom. The molecule has 2 N–H and O–H groups in total. The van der Waals surface area contributed by atoms with E-state index in [1.165, 1.54) is 24.3 Å². The second kappa shape index (κ2) is 5.57. The maximum absolute atomic E-state index is 12.5. The smallest absolute Gasteiger partial charge is 0.347 e. The Balaban J connectivity index is 1.73. The van der Waals surface area contributed by atoms with Gasteiger partial charge in [0.1, 0.15) is 6.04 Å². The monoisotopic (exact) mass is 354 g/mol. The third-order valence-electron chi connectivity index (χ3n) is 3.78. The molecule has 1 aromatic carbocycles. The van der Waals surface area contributed by atoms with Crippen molar-refractivity contribution in [2.24, 2.45) is 0 Å². The number of nitrogens with zero attached hydrogens (tertiary/aromatic N) is 2. The van der Waals surface area contributed by atoms with Crippen LogP contribution in [0.3, 0.4) is 0 Å². The second-order valence-corrected chi connectivity index (χ2v) is 6.12. The highest BCUT2D eigenvalue weighted by Crippen LogP contribution is 2.29. The molecule has 1 aliphatic rings. The third-order valence-corrected chi connectivity index (χ3v) is 3.78. The van der Waals surface area contributed by atoms with Gasteiger partial charge in [0, 0.05) is 11.1 Å². The van der Waals surface area contributed by atoms with E-state index in [1.807, 2.05) is 0 Å². The van der Waals surface area contributed by atoms with Gasteiger partial charge in [0.2, 0.25) is 11.7 Å². The van der Waals surface area contributed by atoms with Gasteiger partial charge >= 0.3 is 12.1 Å². The quantitative estimate of drug-likeness (QED) is 0.819. The number of amides is 2. The zero-order valence-electron chi connectivity index (χ0n) is 13.1. The molecule has 1 fully saturated rings. The van der Waals surface area contributed by atoms with Crippen LogP contribution in [-0.4, -0.2) is 33.5 Å². The van der Waals surface area contributed by atoms with Crippen molar-refractivity contribution in [1.29, 1.82) is 0 Å². The average Bonchev–Trinajstić information content (AvgIpc) is 3.02. The van der Waals surface area contributed by atoms with Gasteiger partial charge in [-0.05, 0) is 26.0 Å². The van der Waals surface area contributed by atoms with Crippen molar-refractivity contribution in [3.8, 4) is 11.4 Å². The lowest BCUT2D eigenvalue weighted by Crippen LogP contribution is -2.75. The van der Waals surface area contributed by atoms with E-state index in [9.17, 15) is 22.8 Å². The molecule has 132 valence electrons. The van der Waals surface area contributed by atoms with E-state index in [0.29, 0.717) is 0 Å². The first kappa shape index (κ1) is 16.9. The summed E-state index contributed by atoms with van der Waals surface area (Å²) in [5, 5.41) is 8.54. The summed E-state index contributed by atoms with van der Waals surface area (Å²) < 4.78 is 41.5. The Hall–Kier alpha value is -2.91. The molecular weight excluding hydrogens is 341 g/mol. The minimum Gasteiger partial charge on any atom is -0.347 e. The molecule has 3 rings (SSSR count). The Bertz CT molecular complexity index is 827. The first-order valence-electron chi connectivity index (χ1n) is 7.22. The molecule has 1 aromatic heterocycles. The van der Waals surface area contributed by atoms with E-state index in [2.05, 4.69) is 25.3 Å². The molecule has 0 aliphatic carbocycles. The number of carbonyl (C=O) groups excluding carboxylic acids is 2. The number of aromatic nitrogens is 2. The summed E-state index contributed by atoms with van der Waals surface area (Å²) in [5.74, 6) is -2.42. The highest BCUT2D eigenvalue weighted by atomic mass is 19.4. The van der Waals surface area contributed by atoms with Crippen molar-refractivity contribution >= 4 is 11.8 Å². The Morgan fingerprint density at radius 3 is 2.40 bits per heavy atom. The van der Waals surface area contributed by atoms with Crippen molar-refractivity contribution in [1.82, 2.24) is 20.8 Å². The molecule has 0 saturated carbocycles. The number of halogens is 3. The van der Waals surface area contributed by atoms with E-state index < -0.39 is 29.6 Å². The lowest BCUT2D eigenvalue weighted by Gasteiger charge is -2.44. The lowest BCUT2D eigenvalue weighted by molar-refractivity contribution is -0.159. The van der Waals surface area contributed by atoms with Crippen LogP contribution in [-0.2, 0) is 11.0 Å². The molecule has 1 saturated heterocycles. The first-order valence-corrected chi connectivity index (χ1v) is 7.22. The van der Waals surface area contributed by atoms with Gasteiger partial charge in [0.05, 0.1) is 5.54 Å². The first-order chi connectivity index (χ1) is 11.6. The van der Waals surface area contributed by atoms with Crippen LogP contribution in [0, 0.1) is 0 Å². The van der Waals surface area contributed by atoms with Crippen LogP contribution in [0.2, 0.25) is 0 Å². The second-order valence-electron chi connectivity index (χ2n) is 6.12. The summed E-state index contributed by atoms with van der Waals surface area (Å²) in [4.78, 5) is 26.9. The molecule has 10 heteroatoms. The lowest BCUT2D eigenvalue weighted by atomic mass is 9.85. The Labute approximate surface area is 139 Å². The van der Waals surface area contributed by atoms with Gasteiger partial charge < -0.3 is 15.2 Å². The van der Waals surface area contributed by atoms with Crippen molar-refractivity contribution in [3.63, 3.8) is 0 Å². The summed E-state index contributed by atoms with van der Waals surface area (Å²) in [6.07, 6.45) is -4.72. The third kappa shape index (κ3) is 3.19. The summed E-state index contributed by atoms with van der Waals surface area (Å²) >= 11 is 0. The van der Waals surface area contributed by atoms with Crippen molar-refractivity contribution in [3.05, 3.63) is 35.7 Å². The zero-order valence-corrected chi connectivity index (χ0v) is 13.1. The molecule has 2 aromatic rings. The van der Waals surface area contributed by atoms with E-state index in [0.717, 1.165) is 0 Å². The van der Waals surface area contributed by atoms with Gasteiger partial charge in [-0.3, -0.25) is 9.59 Å². The highest BCUT2D eigenvalue weighted by Gasteiger charge is 2.47. The van der Waals surface area contributed by atoms with E-state index in [-0.39, 0.29) is 22.9 Å². The normalized spacial score (nSPS) is 19.1. The van der Waals surface area contributed by atoms with Crippen LogP contribution >= 0.6 is 0 Å². The maximum atomic E-state index is 12.5. The highest BCUT2D eigenvalue weighted by molar-refractivity contribution is 6.00. The maximum Gasteiger partial charge on any atom is 0.471 e. The largest absolute Gasteiger partial charge is 0.471 e. The molecule has 0 radical (unpaired) electrons. The number of rotatable bonds is 3. The van der Waals surface area contributed by atoms with Crippen molar-refractivity contribution in [2.75, 3.05) is 0 Å². The van der Waals surface area contributed by atoms with E-state index in [1.54, 1.807) is 13.8 Å². The average molecular weight is 354 g/mol. The van der Waals surface area contributed by atoms with Crippen LogP contribution in [0.1, 0.15) is 30.1 Å². The predicted molar refractivity (Wildman–Crippen MR) is 78.2 cm³/mol. The molecule has 25 heavy (non-hydrogen) atoms. The Morgan fingerprint density at radius 2 is 1.92 bits per heavy atom. The topological polar surface area (TPSA) is 97.1 Å². The fourth-order valence-electron chi connectivity index (χ4n) is 2.40. The van der Waals surface area contributed by atoms with Gasteiger partial charge in [-0.2, -0.15) is 18.2 Å². The SMILES string of the molecule is CC1(C)NC(=O)C1NC(=O)c1ccc(-c2noc(C(F)(F)F)n2)cc1. The van der Waals surface area contributed by atoms with E-state index in [4.69, 9.17) is 0 Å². The standard InChI is InChI=1S/C15H13F3N4O3/c1-14(2)9(12(24)21-14)19-11(23)8-5-3-7(4-6-8)10-20-13(25-22-10)15(16,17)18/h3-6,9H,1-2H3,(H,19,23)(H,21,24). The summed E-state index contributed by atoms with van der Waals surface area (Å²) in [7, 11) is 0. The number of alkyl halides is 3. The molecule has 0 bridgehead atoms. The summed E-state index contributed by atoms with van der Waals surface area (Å²) in [5.41, 5.74) is -0.0259. The van der Waals surface area contributed by atoms with Crippen LogP contribution in [0.4, 0.5) is 13.2 Å². The number of carbonyl (C=O) groups is 2. The fourth-order valence-corrected chi connectivity index (χ4v) is 2.40. The fraction of sp³-hybridized carbons (Fsp3) is 0.333. The minimum atomic E-state index is -4.72. The zero-order chi connectivity index (χ0) is 18.4. The molecule has 0 spiro atoms. The predicted octanol–water partition coefficient (Wildman–Crippen LogP) is 1.76. The number of hydrogen-bond donors (Lipinski definition) is 2. The van der Waals surface area contributed by atoms with Gasteiger partial charge in [-0.25, -0.2) is 0 Å². The summed E-state index contributed by atoms with van der Waals surface area (Å²) in [6, 6.07) is 4.94. The van der Waals surface area contributed by atoms with Gasteiger partial charge in [0.15, 0.2) is 0 Å². The van der Waals surface area contributed by atoms with Crippen LogP contribution < -0.4 is 10.6 Å². The molecule has 1 atom stereocenters. The number of benzene rings is 1. The molecule has 1 aliphatic heterocycles. The van der Waals surface area contributed by atoms with Crippen LogP contribution in [0.5, 0.6) is 0 Å². The van der Waals surface area contributed by atoms with Gasteiger partial charge in [-0.15, -0.1) is 0 Å². The molecule has 7 nitrogen and oxygen atoms in total. The minimum absolute atomic E-state index is 0.237. The van der Waals surface area contributed by atoms with Crippen LogP contribution in [0.25, 0.3) is 11.4 Å². The number of β-lactam (4-membered cyclic amide) rings is 1. The van der Waals surface area contributed by atoms with Crippen molar-refractivity contribution < 1.29 is 27.3 Å². The number of hydrogen-bond acceptors (Lipinski definition) is 5. The Kier molecular flexibility index (Phi) is 3.77. The molecule has 1 unspecified atom stereocenters. The summed E-state index contributed by atoms with van der Waals surface area (Å²) in [6.45, 7) is 3.55. The molecule has 2 heterocycles. The molecular formula is C15H13F3N4O3. The van der Waals surface area contributed by atoms with Crippen LogP contribution in [0.15, 0.2) is 28.8 Å². The van der Waals surface area contributed by atoms with Gasteiger partial charge in [-0.1, -0.05) is 17.3 Å². The van der Waals surface area contributed by atoms with Gasteiger partial charge in [0.25, 0.3) is 5.91 Å². The van der Waals surface area contributed by atoms with E-state index >= 15 is 0 Å². The molecule has 2 amide bonds. The number of nitrogens with one attached hydrogen (secondary N) is 2. The van der Waals surface area contributed by atoms with Crippen molar-refractivity contribution in [2.45, 2.75) is 31.6 Å².